The molecule has 0 bridgehead atoms. The lowest BCUT2D eigenvalue weighted by Crippen LogP contribution is -2.29. The highest BCUT2D eigenvalue weighted by Crippen LogP contribution is 2.42. The topological polar surface area (TPSA) is 38.5 Å². The maximum atomic E-state index is 5.78. The summed E-state index contributed by atoms with van der Waals surface area (Å²) in [7, 11) is 1.67. The van der Waals surface area contributed by atoms with Crippen molar-refractivity contribution in [1.82, 2.24) is 9.88 Å². The summed E-state index contributed by atoms with van der Waals surface area (Å²) in [5.74, 6) is 1.51. The number of oxazole rings is 1. The van der Waals surface area contributed by atoms with Gasteiger partial charge in [0.05, 0.1) is 12.8 Å². The lowest BCUT2D eigenvalue weighted by Gasteiger charge is -2.28. The number of fused-ring (bicyclic) bond motifs is 1. The number of benzene rings is 2. The van der Waals surface area contributed by atoms with E-state index in [2.05, 4.69) is 29.2 Å². The molecule has 1 saturated carbocycles. The summed E-state index contributed by atoms with van der Waals surface area (Å²) < 4.78 is 11.0. The predicted octanol–water partition coefficient (Wildman–Crippen LogP) is 5.00. The predicted molar refractivity (Wildman–Crippen MR) is 105 cm³/mol. The molecule has 5 rings (SSSR count). The van der Waals surface area contributed by atoms with Crippen LogP contribution in [0.5, 0.6) is 5.75 Å². The Bertz CT molecular complexity index is 928. The van der Waals surface area contributed by atoms with Gasteiger partial charge >= 0.3 is 0 Å². The van der Waals surface area contributed by atoms with E-state index in [-0.39, 0.29) is 0 Å². The number of rotatable bonds is 6. The first-order valence-electron chi connectivity index (χ1n) is 9.74. The Hall–Kier alpha value is -2.59. The van der Waals surface area contributed by atoms with Gasteiger partial charge in [0, 0.05) is 24.2 Å². The van der Waals surface area contributed by atoms with Crippen molar-refractivity contribution in [3.8, 4) is 17.2 Å². The Kier molecular flexibility index (Phi) is 4.21. The van der Waals surface area contributed by atoms with E-state index in [0.29, 0.717) is 18.0 Å². The minimum Gasteiger partial charge on any atom is -0.497 e. The Labute approximate surface area is 159 Å². The van der Waals surface area contributed by atoms with Gasteiger partial charge in [-0.05, 0) is 61.1 Å². The summed E-state index contributed by atoms with van der Waals surface area (Å²) in [6, 6.07) is 17.9. The maximum absolute atomic E-state index is 5.78. The first-order valence-corrected chi connectivity index (χ1v) is 9.74. The number of nitrogens with zero attached hydrogens (tertiary/aromatic N) is 2. The van der Waals surface area contributed by atoms with E-state index in [0.717, 1.165) is 23.6 Å². The monoisotopic (exact) mass is 360 g/mol. The standard InChI is InChI=1S/C23H24N2O2/c1-26-20-11-6-17(7-12-20)23-24-18(15-27-23)14-25(19-9-10-19)22-13-8-16-4-2-3-5-21(16)22/h2-7,11-12,15,19,22H,8-10,13-14H2,1H3. The number of hydrogen-bond acceptors (Lipinski definition) is 4. The fourth-order valence-corrected chi connectivity index (χ4v) is 4.21. The second kappa shape index (κ2) is 6.86. The lowest BCUT2D eigenvalue weighted by atomic mass is 10.1. The third-order valence-electron chi connectivity index (χ3n) is 5.75. The van der Waals surface area contributed by atoms with Crippen molar-refractivity contribution in [2.24, 2.45) is 0 Å². The summed E-state index contributed by atoms with van der Waals surface area (Å²) in [4.78, 5) is 7.40. The van der Waals surface area contributed by atoms with E-state index < -0.39 is 0 Å². The molecule has 2 aliphatic carbocycles. The van der Waals surface area contributed by atoms with Crippen molar-refractivity contribution in [3.05, 3.63) is 71.6 Å². The van der Waals surface area contributed by atoms with Crippen molar-refractivity contribution < 1.29 is 9.15 Å². The third-order valence-corrected chi connectivity index (χ3v) is 5.75. The smallest absolute Gasteiger partial charge is 0.226 e. The zero-order valence-electron chi connectivity index (χ0n) is 15.6. The van der Waals surface area contributed by atoms with Crippen LogP contribution in [-0.4, -0.2) is 23.0 Å². The van der Waals surface area contributed by atoms with Crippen molar-refractivity contribution in [3.63, 3.8) is 0 Å². The Morgan fingerprint density at radius 1 is 1.07 bits per heavy atom. The van der Waals surface area contributed by atoms with Crippen LogP contribution in [-0.2, 0) is 13.0 Å². The number of hydrogen-bond donors (Lipinski definition) is 0. The molecule has 2 aromatic carbocycles. The van der Waals surface area contributed by atoms with Gasteiger partial charge in [-0.1, -0.05) is 24.3 Å². The van der Waals surface area contributed by atoms with Crippen LogP contribution in [0.15, 0.2) is 59.2 Å². The molecule has 1 heterocycles. The molecule has 3 aromatic rings. The second-order valence-corrected chi connectivity index (χ2v) is 7.53. The van der Waals surface area contributed by atoms with Gasteiger partial charge in [0.15, 0.2) is 0 Å². The summed E-state index contributed by atoms with van der Waals surface area (Å²) in [6.07, 6.45) is 6.79. The number of aromatic nitrogens is 1. The van der Waals surface area contributed by atoms with Gasteiger partial charge in [-0.25, -0.2) is 4.98 Å². The summed E-state index contributed by atoms with van der Waals surface area (Å²) in [5.41, 5.74) is 5.00. The van der Waals surface area contributed by atoms with Crippen LogP contribution in [0, 0.1) is 0 Å². The van der Waals surface area contributed by atoms with Crippen LogP contribution in [0.25, 0.3) is 11.5 Å². The highest BCUT2D eigenvalue weighted by atomic mass is 16.5. The fourth-order valence-electron chi connectivity index (χ4n) is 4.21. The van der Waals surface area contributed by atoms with E-state index in [9.17, 15) is 0 Å². The first kappa shape index (κ1) is 16.6. The van der Waals surface area contributed by atoms with Gasteiger partial charge in [-0.2, -0.15) is 0 Å². The minimum absolute atomic E-state index is 0.509. The highest BCUT2D eigenvalue weighted by Gasteiger charge is 2.37. The average Bonchev–Trinajstić information content (AvgIpc) is 3.30. The summed E-state index contributed by atoms with van der Waals surface area (Å²) in [5, 5.41) is 0. The number of aryl methyl sites for hydroxylation is 1. The molecule has 0 amide bonds. The largest absolute Gasteiger partial charge is 0.497 e. The Balaban J connectivity index is 1.36. The first-order chi connectivity index (χ1) is 13.3. The molecule has 0 radical (unpaired) electrons. The molecule has 138 valence electrons. The second-order valence-electron chi connectivity index (χ2n) is 7.53. The third kappa shape index (κ3) is 3.26. The molecule has 27 heavy (non-hydrogen) atoms. The molecule has 0 saturated heterocycles. The van der Waals surface area contributed by atoms with Gasteiger partial charge in [-0.3, -0.25) is 4.90 Å². The van der Waals surface area contributed by atoms with Gasteiger partial charge < -0.3 is 9.15 Å². The van der Waals surface area contributed by atoms with Crippen molar-refractivity contribution in [2.75, 3.05) is 7.11 Å². The molecule has 4 nitrogen and oxygen atoms in total. The van der Waals surface area contributed by atoms with E-state index >= 15 is 0 Å². The number of methoxy groups -OCH3 is 1. The molecule has 0 aliphatic heterocycles. The van der Waals surface area contributed by atoms with Gasteiger partial charge in [0.1, 0.15) is 12.0 Å². The molecular formula is C23H24N2O2. The molecule has 1 fully saturated rings. The van der Waals surface area contributed by atoms with Gasteiger partial charge in [0.2, 0.25) is 5.89 Å². The molecule has 1 unspecified atom stereocenters. The van der Waals surface area contributed by atoms with Crippen LogP contribution >= 0.6 is 0 Å². The maximum Gasteiger partial charge on any atom is 0.226 e. The molecule has 1 aromatic heterocycles. The minimum atomic E-state index is 0.509. The molecular weight excluding hydrogens is 336 g/mol. The van der Waals surface area contributed by atoms with Crippen LogP contribution in [0.1, 0.15) is 42.1 Å². The van der Waals surface area contributed by atoms with E-state index in [1.807, 2.05) is 30.5 Å². The molecule has 4 heteroatoms. The fraction of sp³-hybridized carbons (Fsp3) is 0.348. The zero-order valence-corrected chi connectivity index (χ0v) is 15.6. The Morgan fingerprint density at radius 3 is 2.67 bits per heavy atom. The molecule has 0 N–H and O–H groups in total. The van der Waals surface area contributed by atoms with Crippen LogP contribution in [0.2, 0.25) is 0 Å². The average molecular weight is 360 g/mol. The summed E-state index contributed by atoms with van der Waals surface area (Å²) >= 11 is 0. The number of ether oxygens (including phenoxy) is 1. The van der Waals surface area contributed by atoms with E-state index in [1.165, 1.54) is 36.8 Å². The van der Waals surface area contributed by atoms with Gasteiger partial charge in [-0.15, -0.1) is 0 Å². The highest BCUT2D eigenvalue weighted by molar-refractivity contribution is 5.54. The normalized spacial score (nSPS) is 18.7. The molecule has 1 atom stereocenters. The van der Waals surface area contributed by atoms with Crippen molar-refractivity contribution >= 4 is 0 Å². The lowest BCUT2D eigenvalue weighted by molar-refractivity contribution is 0.175. The molecule has 0 spiro atoms. The van der Waals surface area contributed by atoms with Crippen molar-refractivity contribution in [1.29, 1.82) is 0 Å². The van der Waals surface area contributed by atoms with Crippen molar-refractivity contribution in [2.45, 2.75) is 44.3 Å². The van der Waals surface area contributed by atoms with Crippen LogP contribution in [0.4, 0.5) is 0 Å². The Morgan fingerprint density at radius 2 is 1.89 bits per heavy atom. The van der Waals surface area contributed by atoms with Crippen LogP contribution < -0.4 is 4.74 Å². The van der Waals surface area contributed by atoms with Crippen LogP contribution in [0.3, 0.4) is 0 Å². The van der Waals surface area contributed by atoms with Gasteiger partial charge in [0.25, 0.3) is 0 Å². The quantitative estimate of drug-likeness (QED) is 0.620. The summed E-state index contributed by atoms with van der Waals surface area (Å²) in [6.45, 7) is 0.851. The SMILES string of the molecule is COc1ccc(-c2nc(CN(C3CC3)C3CCc4ccccc43)co2)cc1. The molecule has 2 aliphatic rings. The van der Waals surface area contributed by atoms with E-state index in [1.54, 1.807) is 7.11 Å². The van der Waals surface area contributed by atoms with E-state index in [4.69, 9.17) is 14.1 Å². The zero-order chi connectivity index (χ0) is 18.2.